The lowest BCUT2D eigenvalue weighted by Gasteiger charge is -2.35. The Labute approximate surface area is 181 Å². The Morgan fingerprint density at radius 3 is 2.50 bits per heavy atom. The zero-order valence-corrected chi connectivity index (χ0v) is 18.1. The molecule has 4 rings (SSSR count). The third kappa shape index (κ3) is 4.71. The van der Waals surface area contributed by atoms with Crippen LogP contribution in [0.1, 0.15) is 22.7 Å². The van der Waals surface area contributed by atoms with Gasteiger partial charge < -0.3 is 14.6 Å². The Bertz CT molecular complexity index is 991. The Kier molecular flexibility index (Phi) is 6.15. The highest BCUT2D eigenvalue weighted by Crippen LogP contribution is 2.21. The normalized spacial score (nSPS) is 14.8. The number of piperazine rings is 1. The summed E-state index contributed by atoms with van der Waals surface area (Å²) in [5.74, 6) is 0.757. The summed E-state index contributed by atoms with van der Waals surface area (Å²) in [7, 11) is 0. The van der Waals surface area contributed by atoms with Crippen molar-refractivity contribution in [2.45, 2.75) is 26.9 Å². The van der Waals surface area contributed by atoms with E-state index in [-0.39, 0.29) is 5.82 Å². The number of anilines is 1. The molecule has 1 saturated heterocycles. The molecule has 1 aromatic carbocycles. The van der Waals surface area contributed by atoms with E-state index in [1.165, 1.54) is 12.1 Å². The fraction of sp³-hybridized carbons (Fsp3) is 0.364. The van der Waals surface area contributed by atoms with Crippen molar-refractivity contribution >= 4 is 23.0 Å². The molecule has 30 heavy (non-hydrogen) atoms. The number of hydrogen-bond donors (Lipinski definition) is 1. The van der Waals surface area contributed by atoms with Crippen LogP contribution in [-0.4, -0.2) is 50.9 Å². The minimum Gasteiger partial charge on any atom is -0.468 e. The summed E-state index contributed by atoms with van der Waals surface area (Å²) >= 11 is 5.68. The summed E-state index contributed by atoms with van der Waals surface area (Å²) < 4.78 is 20.5. The number of hydrogen-bond acceptors (Lipinski definition) is 4. The highest BCUT2D eigenvalue weighted by Gasteiger charge is 2.21. The quantitative estimate of drug-likeness (QED) is 0.625. The summed E-state index contributed by atoms with van der Waals surface area (Å²) in [6.45, 7) is 9.02. The van der Waals surface area contributed by atoms with Gasteiger partial charge in [-0.3, -0.25) is 9.58 Å². The Balaban J connectivity index is 1.35. The fourth-order valence-electron chi connectivity index (χ4n) is 3.71. The maximum absolute atomic E-state index is 13.2. The molecule has 1 aliphatic heterocycles. The van der Waals surface area contributed by atoms with Gasteiger partial charge in [0.25, 0.3) is 0 Å². The van der Waals surface area contributed by atoms with E-state index in [9.17, 15) is 4.39 Å². The number of furan rings is 1. The average molecular weight is 428 g/mol. The first kappa shape index (κ1) is 20.6. The molecule has 0 spiro atoms. The second kappa shape index (κ2) is 8.97. The first-order valence-electron chi connectivity index (χ1n) is 10.1. The summed E-state index contributed by atoms with van der Waals surface area (Å²) in [5.41, 5.74) is 3.85. The van der Waals surface area contributed by atoms with Gasteiger partial charge in [-0.05, 0) is 55.9 Å². The molecule has 0 unspecified atom stereocenters. The topological polar surface area (TPSA) is 49.5 Å². The molecule has 0 atom stereocenters. The van der Waals surface area contributed by atoms with Crippen LogP contribution in [0.4, 0.5) is 10.1 Å². The van der Waals surface area contributed by atoms with Crippen LogP contribution >= 0.6 is 12.2 Å². The Morgan fingerprint density at radius 1 is 1.10 bits per heavy atom. The van der Waals surface area contributed by atoms with Crippen molar-refractivity contribution < 1.29 is 8.81 Å². The van der Waals surface area contributed by atoms with Crippen molar-refractivity contribution in [1.29, 1.82) is 0 Å². The Hall–Kier alpha value is -2.71. The van der Waals surface area contributed by atoms with Crippen molar-refractivity contribution in [1.82, 2.24) is 19.6 Å². The van der Waals surface area contributed by atoms with Crippen molar-refractivity contribution in [2.75, 3.05) is 31.5 Å². The largest absolute Gasteiger partial charge is 0.468 e. The van der Waals surface area contributed by atoms with Gasteiger partial charge in [0, 0.05) is 26.2 Å². The lowest BCUT2D eigenvalue weighted by molar-refractivity contribution is 0.166. The van der Waals surface area contributed by atoms with Gasteiger partial charge in [0.2, 0.25) is 0 Å². The molecule has 2 aromatic heterocycles. The first-order chi connectivity index (χ1) is 14.5. The molecule has 0 aliphatic carbocycles. The molecule has 0 amide bonds. The lowest BCUT2D eigenvalue weighted by atomic mass is 10.2. The number of benzene rings is 1. The van der Waals surface area contributed by atoms with E-state index in [1.807, 2.05) is 30.7 Å². The number of nitrogens with one attached hydrogen (secondary N) is 1. The molecule has 3 heterocycles. The molecule has 8 heteroatoms. The van der Waals surface area contributed by atoms with Gasteiger partial charge in [-0.1, -0.05) is 12.1 Å². The summed E-state index contributed by atoms with van der Waals surface area (Å²) in [6, 6.07) is 10.4. The van der Waals surface area contributed by atoms with Crippen molar-refractivity contribution in [2.24, 2.45) is 0 Å². The molecular formula is C22H26FN5OS. The minimum absolute atomic E-state index is 0.232. The molecule has 1 aliphatic rings. The molecule has 0 bridgehead atoms. The van der Waals surface area contributed by atoms with E-state index in [0.717, 1.165) is 66.2 Å². The number of nitrogens with zero attached hydrogens (tertiary/aromatic N) is 4. The number of thiocarbonyl (C=S) groups is 1. The smallest absolute Gasteiger partial charge is 0.173 e. The third-order valence-electron chi connectivity index (χ3n) is 5.48. The zero-order valence-electron chi connectivity index (χ0n) is 17.3. The van der Waals surface area contributed by atoms with Gasteiger partial charge >= 0.3 is 0 Å². The van der Waals surface area contributed by atoms with Gasteiger partial charge in [0.15, 0.2) is 5.11 Å². The molecule has 3 aromatic rings. The van der Waals surface area contributed by atoms with E-state index in [1.54, 1.807) is 18.4 Å². The van der Waals surface area contributed by atoms with Gasteiger partial charge in [-0.25, -0.2) is 4.39 Å². The van der Waals surface area contributed by atoms with Crippen LogP contribution in [0.15, 0.2) is 47.1 Å². The van der Waals surface area contributed by atoms with Crippen LogP contribution in [-0.2, 0) is 13.1 Å². The second-order valence-corrected chi connectivity index (χ2v) is 7.99. The van der Waals surface area contributed by atoms with Crippen LogP contribution in [0.5, 0.6) is 0 Å². The molecule has 6 nitrogen and oxygen atoms in total. The van der Waals surface area contributed by atoms with E-state index < -0.39 is 0 Å². The molecule has 1 fully saturated rings. The SMILES string of the molecule is Cc1nn(Cc2ccc(F)cc2)c(C)c1NC(=S)N1CCN(Cc2ccco2)CC1. The van der Waals surface area contributed by atoms with Gasteiger partial charge in [0.1, 0.15) is 11.6 Å². The minimum atomic E-state index is -0.232. The molecule has 0 radical (unpaired) electrons. The number of aromatic nitrogens is 2. The summed E-state index contributed by atoms with van der Waals surface area (Å²) in [5, 5.41) is 8.77. The van der Waals surface area contributed by atoms with Crippen LogP contribution in [0, 0.1) is 19.7 Å². The summed E-state index contributed by atoms with van der Waals surface area (Å²) in [6.07, 6.45) is 1.71. The Morgan fingerprint density at radius 2 is 1.83 bits per heavy atom. The molecular weight excluding hydrogens is 401 g/mol. The van der Waals surface area contributed by atoms with E-state index in [0.29, 0.717) is 6.54 Å². The van der Waals surface area contributed by atoms with Gasteiger partial charge in [0.05, 0.1) is 36.4 Å². The molecule has 0 saturated carbocycles. The summed E-state index contributed by atoms with van der Waals surface area (Å²) in [4.78, 5) is 4.57. The highest BCUT2D eigenvalue weighted by molar-refractivity contribution is 7.80. The number of aryl methyl sites for hydroxylation is 1. The van der Waals surface area contributed by atoms with E-state index >= 15 is 0 Å². The fourth-order valence-corrected chi connectivity index (χ4v) is 4.00. The lowest BCUT2D eigenvalue weighted by Crippen LogP contribution is -2.49. The highest BCUT2D eigenvalue weighted by atomic mass is 32.1. The predicted molar refractivity (Wildman–Crippen MR) is 119 cm³/mol. The second-order valence-electron chi connectivity index (χ2n) is 7.60. The zero-order chi connectivity index (χ0) is 21.1. The first-order valence-corrected chi connectivity index (χ1v) is 10.5. The van der Waals surface area contributed by atoms with Crippen molar-refractivity contribution in [3.05, 3.63) is 71.2 Å². The molecule has 1 N–H and O–H groups in total. The van der Waals surface area contributed by atoms with Gasteiger partial charge in [-0.15, -0.1) is 0 Å². The van der Waals surface area contributed by atoms with Crippen molar-refractivity contribution in [3.8, 4) is 0 Å². The van der Waals surface area contributed by atoms with E-state index in [4.69, 9.17) is 16.6 Å². The van der Waals surface area contributed by atoms with Crippen LogP contribution in [0.3, 0.4) is 0 Å². The maximum atomic E-state index is 13.2. The van der Waals surface area contributed by atoms with Crippen molar-refractivity contribution in [3.63, 3.8) is 0 Å². The number of rotatable bonds is 5. The number of halogens is 1. The van der Waals surface area contributed by atoms with Crippen LogP contribution < -0.4 is 5.32 Å². The average Bonchev–Trinajstić information content (AvgIpc) is 3.34. The monoisotopic (exact) mass is 427 g/mol. The van der Waals surface area contributed by atoms with E-state index in [2.05, 4.69) is 20.2 Å². The standard InChI is InChI=1S/C22H26FN5OS/c1-16-21(17(2)28(25-16)14-18-5-7-19(23)8-6-18)24-22(30)27-11-9-26(10-12-27)15-20-4-3-13-29-20/h3-8,13H,9-12,14-15H2,1-2H3,(H,24,30). The van der Waals surface area contributed by atoms with Crippen LogP contribution in [0.25, 0.3) is 0 Å². The van der Waals surface area contributed by atoms with Gasteiger partial charge in [-0.2, -0.15) is 5.10 Å². The van der Waals surface area contributed by atoms with Crippen LogP contribution in [0.2, 0.25) is 0 Å². The predicted octanol–water partition coefficient (Wildman–Crippen LogP) is 3.79. The molecule has 158 valence electrons. The third-order valence-corrected chi connectivity index (χ3v) is 5.84. The maximum Gasteiger partial charge on any atom is 0.173 e.